The van der Waals surface area contributed by atoms with Crippen molar-refractivity contribution in [2.24, 2.45) is 0 Å². The molecule has 9 heteroatoms. The van der Waals surface area contributed by atoms with Crippen molar-refractivity contribution in [3.8, 4) is 0 Å². The van der Waals surface area contributed by atoms with Crippen LogP contribution in [0.4, 0.5) is 0 Å². The van der Waals surface area contributed by atoms with Gasteiger partial charge in [0.05, 0.1) is 4.90 Å². The van der Waals surface area contributed by atoms with Crippen LogP contribution in [0.2, 0.25) is 0 Å². The molecule has 0 amide bonds. The summed E-state index contributed by atoms with van der Waals surface area (Å²) in [6.07, 6.45) is 2.68. The van der Waals surface area contributed by atoms with Crippen molar-refractivity contribution in [2.75, 3.05) is 14.1 Å². The molecule has 138 valence electrons. The second-order valence-electron chi connectivity index (χ2n) is 5.86. The Labute approximate surface area is 161 Å². The smallest absolute Gasteiger partial charge is 0.242 e. The van der Waals surface area contributed by atoms with E-state index in [1.807, 2.05) is 10.6 Å². The maximum absolute atomic E-state index is 12.3. The predicted molar refractivity (Wildman–Crippen MR) is 105 cm³/mol. The Morgan fingerprint density at radius 1 is 1.23 bits per heavy atom. The summed E-state index contributed by atoms with van der Waals surface area (Å²) in [5, 5.41) is 11.1. The Hall–Kier alpha value is -1.68. The van der Waals surface area contributed by atoms with Gasteiger partial charge in [0.2, 0.25) is 10.0 Å². The normalized spacial score (nSPS) is 12.0. The van der Waals surface area contributed by atoms with Gasteiger partial charge in [-0.05, 0) is 35.6 Å². The Kier molecular flexibility index (Phi) is 6.13. The van der Waals surface area contributed by atoms with Crippen molar-refractivity contribution < 1.29 is 8.42 Å². The molecule has 0 fully saturated rings. The standard InChI is InChI=1S/C17H20N4O2S3/c1-20(2)26(22,23)16-7-3-5-14(11-16)12-25-17-19-18-13-21(17)9-8-15-6-4-10-24-15/h3-7,10-11,13H,8-9,12H2,1-2H3. The number of aromatic nitrogens is 3. The lowest BCUT2D eigenvalue weighted by molar-refractivity contribution is 0.520. The molecule has 0 aliphatic carbocycles. The molecule has 0 aliphatic heterocycles. The molecule has 26 heavy (non-hydrogen) atoms. The summed E-state index contributed by atoms with van der Waals surface area (Å²) in [5.74, 6) is 0.633. The van der Waals surface area contributed by atoms with Crippen LogP contribution in [0.25, 0.3) is 0 Å². The largest absolute Gasteiger partial charge is 0.308 e. The van der Waals surface area contributed by atoms with Crippen molar-refractivity contribution in [1.29, 1.82) is 0 Å². The van der Waals surface area contributed by atoms with Crippen molar-refractivity contribution in [3.63, 3.8) is 0 Å². The van der Waals surface area contributed by atoms with Crippen LogP contribution >= 0.6 is 23.1 Å². The molecule has 0 aliphatic rings. The molecule has 3 rings (SSSR count). The number of rotatable bonds is 8. The third-order valence-corrected chi connectivity index (χ3v) is 7.60. The summed E-state index contributed by atoms with van der Waals surface area (Å²) in [5.41, 5.74) is 0.936. The van der Waals surface area contributed by atoms with Crippen molar-refractivity contribution >= 4 is 33.1 Å². The fourth-order valence-electron chi connectivity index (χ4n) is 2.35. The number of sulfonamides is 1. The van der Waals surface area contributed by atoms with Gasteiger partial charge in [0.1, 0.15) is 6.33 Å². The fraction of sp³-hybridized carbons (Fsp3) is 0.294. The van der Waals surface area contributed by atoms with Gasteiger partial charge in [-0.15, -0.1) is 21.5 Å². The third kappa shape index (κ3) is 4.53. The lowest BCUT2D eigenvalue weighted by Gasteiger charge is -2.12. The quantitative estimate of drug-likeness (QED) is 0.536. The number of thioether (sulfide) groups is 1. The minimum absolute atomic E-state index is 0.305. The van der Waals surface area contributed by atoms with Crippen LogP contribution in [0.3, 0.4) is 0 Å². The van der Waals surface area contributed by atoms with Crippen LogP contribution < -0.4 is 0 Å². The van der Waals surface area contributed by atoms with E-state index in [4.69, 9.17) is 0 Å². The maximum atomic E-state index is 12.3. The van der Waals surface area contributed by atoms with Gasteiger partial charge >= 0.3 is 0 Å². The molecule has 6 nitrogen and oxygen atoms in total. The Balaban J connectivity index is 1.66. The molecule has 0 radical (unpaired) electrons. The third-order valence-electron chi connectivity index (χ3n) is 3.80. The molecular formula is C17H20N4O2S3. The van der Waals surface area contributed by atoms with Gasteiger partial charge in [-0.25, -0.2) is 12.7 Å². The topological polar surface area (TPSA) is 68.1 Å². The molecule has 2 heterocycles. The van der Waals surface area contributed by atoms with Gasteiger partial charge in [-0.2, -0.15) is 0 Å². The Bertz CT molecular complexity index is 950. The van der Waals surface area contributed by atoms with E-state index in [1.165, 1.54) is 23.3 Å². The monoisotopic (exact) mass is 408 g/mol. The van der Waals surface area contributed by atoms with Crippen LogP contribution in [-0.2, 0) is 28.7 Å². The molecule has 0 atom stereocenters. The molecule has 3 aromatic rings. The summed E-state index contributed by atoms with van der Waals surface area (Å²) < 4.78 is 27.8. The first-order valence-corrected chi connectivity index (χ1v) is 11.3. The number of thiophene rings is 1. The molecule has 1 aromatic carbocycles. The molecule has 0 N–H and O–H groups in total. The fourth-order valence-corrected chi connectivity index (χ4v) is 4.90. The van der Waals surface area contributed by atoms with Crippen molar-refractivity contribution in [2.45, 2.75) is 28.8 Å². The highest BCUT2D eigenvalue weighted by atomic mass is 32.2. The number of benzene rings is 1. The second-order valence-corrected chi connectivity index (χ2v) is 9.99. The highest BCUT2D eigenvalue weighted by Crippen LogP contribution is 2.23. The Morgan fingerprint density at radius 2 is 2.08 bits per heavy atom. The number of hydrogen-bond acceptors (Lipinski definition) is 6. The number of nitrogens with zero attached hydrogens (tertiary/aromatic N) is 4. The van der Waals surface area contributed by atoms with Crippen LogP contribution in [0.5, 0.6) is 0 Å². The molecule has 0 bridgehead atoms. The minimum atomic E-state index is -3.42. The van der Waals surface area contributed by atoms with Crippen LogP contribution in [0, 0.1) is 0 Å². The average molecular weight is 409 g/mol. The van der Waals surface area contributed by atoms with E-state index in [9.17, 15) is 8.42 Å². The average Bonchev–Trinajstić information content (AvgIpc) is 3.29. The van der Waals surface area contributed by atoms with Crippen LogP contribution in [0.1, 0.15) is 10.4 Å². The van der Waals surface area contributed by atoms with Crippen molar-refractivity contribution in [1.82, 2.24) is 19.1 Å². The zero-order valence-corrected chi connectivity index (χ0v) is 17.0. The van der Waals surface area contributed by atoms with Gasteiger partial charge in [-0.1, -0.05) is 30.0 Å². The summed E-state index contributed by atoms with van der Waals surface area (Å²) in [6.45, 7) is 0.824. The lowest BCUT2D eigenvalue weighted by atomic mass is 10.2. The molecular weight excluding hydrogens is 388 g/mol. The van der Waals surface area contributed by atoms with E-state index in [2.05, 4.69) is 27.7 Å². The SMILES string of the molecule is CN(C)S(=O)(=O)c1cccc(CSc2nncn2CCc2cccs2)c1. The molecule has 0 saturated carbocycles. The van der Waals surface area contributed by atoms with Crippen LogP contribution in [0.15, 0.2) is 58.2 Å². The lowest BCUT2D eigenvalue weighted by Crippen LogP contribution is -2.22. The van der Waals surface area contributed by atoms with E-state index in [1.54, 1.807) is 47.6 Å². The molecule has 0 unspecified atom stereocenters. The zero-order valence-electron chi connectivity index (χ0n) is 14.6. The van der Waals surface area contributed by atoms with Gasteiger partial charge in [0.15, 0.2) is 5.16 Å². The highest BCUT2D eigenvalue weighted by Gasteiger charge is 2.17. The first-order valence-electron chi connectivity index (χ1n) is 8.01. The minimum Gasteiger partial charge on any atom is -0.308 e. The number of aryl methyl sites for hydroxylation is 2. The van der Waals surface area contributed by atoms with Crippen LogP contribution in [-0.4, -0.2) is 41.6 Å². The van der Waals surface area contributed by atoms with Crippen molar-refractivity contribution in [3.05, 3.63) is 58.5 Å². The summed E-state index contributed by atoms with van der Waals surface area (Å²) in [6, 6.07) is 11.2. The first kappa shape index (κ1) is 19.1. The van der Waals surface area contributed by atoms with Gasteiger partial charge in [-0.3, -0.25) is 0 Å². The second kappa shape index (κ2) is 8.34. The molecule has 0 saturated heterocycles. The van der Waals surface area contributed by atoms with E-state index >= 15 is 0 Å². The van der Waals surface area contributed by atoms with E-state index < -0.39 is 10.0 Å². The zero-order chi connectivity index (χ0) is 18.6. The Morgan fingerprint density at radius 3 is 2.81 bits per heavy atom. The summed E-state index contributed by atoms with van der Waals surface area (Å²) >= 11 is 3.30. The summed E-state index contributed by atoms with van der Waals surface area (Å²) in [7, 11) is -0.352. The number of hydrogen-bond donors (Lipinski definition) is 0. The van der Waals surface area contributed by atoms with E-state index in [0.717, 1.165) is 23.7 Å². The predicted octanol–water partition coefficient (Wildman–Crippen LogP) is 3.12. The van der Waals surface area contributed by atoms with E-state index in [0.29, 0.717) is 10.6 Å². The molecule has 0 spiro atoms. The van der Waals surface area contributed by atoms with Gasteiger partial charge in [0, 0.05) is 31.3 Å². The maximum Gasteiger partial charge on any atom is 0.242 e. The molecule has 2 aromatic heterocycles. The highest BCUT2D eigenvalue weighted by molar-refractivity contribution is 7.98. The van der Waals surface area contributed by atoms with Gasteiger partial charge < -0.3 is 4.57 Å². The van der Waals surface area contributed by atoms with Gasteiger partial charge in [0.25, 0.3) is 0 Å². The first-order chi connectivity index (χ1) is 12.5. The van der Waals surface area contributed by atoms with E-state index in [-0.39, 0.29) is 0 Å². The summed E-state index contributed by atoms with van der Waals surface area (Å²) in [4.78, 5) is 1.64.